The van der Waals surface area contributed by atoms with E-state index >= 15 is 0 Å². The summed E-state index contributed by atoms with van der Waals surface area (Å²) in [6.07, 6.45) is 3.18. The molecule has 0 atom stereocenters. The summed E-state index contributed by atoms with van der Waals surface area (Å²) >= 11 is 0. The third-order valence-corrected chi connectivity index (χ3v) is 2.93. The van der Waals surface area contributed by atoms with Crippen LogP contribution in [0.25, 0.3) is 0 Å². The molecule has 0 saturated carbocycles. The second-order valence-electron chi connectivity index (χ2n) is 4.32. The molecule has 1 aromatic carbocycles. The molecule has 1 aromatic heterocycles. The van der Waals surface area contributed by atoms with Gasteiger partial charge in [0.2, 0.25) is 0 Å². The Morgan fingerprint density at radius 1 is 1.37 bits per heavy atom. The molecule has 0 fully saturated rings. The maximum atomic E-state index is 13.5. The van der Waals surface area contributed by atoms with Crippen molar-refractivity contribution in [2.75, 3.05) is 11.1 Å². The summed E-state index contributed by atoms with van der Waals surface area (Å²) in [7, 11) is 0. The number of nitrogens with two attached hydrogens (primary N) is 1. The van der Waals surface area contributed by atoms with Crippen LogP contribution in [0.4, 0.5) is 15.8 Å². The molecule has 0 aliphatic carbocycles. The van der Waals surface area contributed by atoms with Crippen LogP contribution in [0.5, 0.6) is 0 Å². The molecule has 0 saturated heterocycles. The second kappa shape index (κ2) is 5.06. The maximum Gasteiger partial charge on any atom is 0.255 e. The number of nitrogens with zero attached hydrogens (tertiary/aromatic N) is 1. The van der Waals surface area contributed by atoms with Gasteiger partial charge in [-0.05, 0) is 37.6 Å². The number of halogens is 1. The van der Waals surface area contributed by atoms with E-state index in [1.165, 1.54) is 12.1 Å². The van der Waals surface area contributed by atoms with Gasteiger partial charge in [-0.2, -0.15) is 0 Å². The molecular weight excluding hydrogens is 245 g/mol. The first-order valence-corrected chi connectivity index (χ1v) is 5.76. The Morgan fingerprint density at radius 2 is 2.11 bits per heavy atom. The van der Waals surface area contributed by atoms with Gasteiger partial charge in [0.25, 0.3) is 5.91 Å². The van der Waals surface area contributed by atoms with Gasteiger partial charge in [0.05, 0.1) is 11.9 Å². The lowest BCUT2D eigenvalue weighted by molar-refractivity contribution is 0.102. The fraction of sp³-hybridized carbons (Fsp3) is 0.143. The molecule has 0 aliphatic heterocycles. The Bertz CT molecular complexity index is 617. The average molecular weight is 259 g/mol. The Labute approximate surface area is 110 Å². The lowest BCUT2D eigenvalue weighted by Gasteiger charge is -2.09. The van der Waals surface area contributed by atoms with Crippen LogP contribution in [0.15, 0.2) is 30.6 Å². The van der Waals surface area contributed by atoms with Gasteiger partial charge in [0.1, 0.15) is 5.82 Å². The van der Waals surface area contributed by atoms with E-state index in [0.29, 0.717) is 11.3 Å². The molecule has 2 rings (SSSR count). The van der Waals surface area contributed by atoms with Gasteiger partial charge < -0.3 is 11.1 Å². The van der Waals surface area contributed by atoms with Gasteiger partial charge >= 0.3 is 0 Å². The van der Waals surface area contributed by atoms with Gasteiger partial charge in [-0.25, -0.2) is 4.39 Å². The van der Waals surface area contributed by atoms with E-state index in [9.17, 15) is 9.18 Å². The molecular formula is C14H14FN3O. The topological polar surface area (TPSA) is 68.0 Å². The van der Waals surface area contributed by atoms with Gasteiger partial charge in [0, 0.05) is 23.0 Å². The number of benzene rings is 1. The number of rotatable bonds is 2. The number of carbonyl (C=O) groups excluding carboxylic acids is 1. The summed E-state index contributed by atoms with van der Waals surface area (Å²) in [4.78, 5) is 15.9. The van der Waals surface area contributed by atoms with Crippen molar-refractivity contribution in [3.8, 4) is 0 Å². The van der Waals surface area contributed by atoms with Crippen LogP contribution >= 0.6 is 0 Å². The molecule has 1 amide bonds. The minimum absolute atomic E-state index is 0.184. The molecule has 0 spiro atoms. The summed E-state index contributed by atoms with van der Waals surface area (Å²) in [5.41, 5.74) is 7.90. The SMILES string of the molecule is Cc1ccncc1NC(=O)c1cc(N)c(C)c(F)c1. The third kappa shape index (κ3) is 2.70. The number of pyridine rings is 1. The lowest BCUT2D eigenvalue weighted by atomic mass is 10.1. The molecule has 5 heteroatoms. The quantitative estimate of drug-likeness (QED) is 0.815. The first-order valence-electron chi connectivity index (χ1n) is 5.76. The molecule has 4 nitrogen and oxygen atoms in total. The standard InChI is InChI=1S/C14H14FN3O/c1-8-3-4-17-7-13(8)18-14(19)10-5-11(15)9(2)12(16)6-10/h3-7H,16H2,1-2H3,(H,18,19). The van der Waals surface area contributed by atoms with Crippen molar-refractivity contribution in [3.63, 3.8) is 0 Å². The molecule has 0 radical (unpaired) electrons. The predicted octanol–water partition coefficient (Wildman–Crippen LogP) is 2.67. The minimum Gasteiger partial charge on any atom is -0.398 e. The van der Waals surface area contributed by atoms with Crippen LogP contribution in [-0.2, 0) is 0 Å². The van der Waals surface area contributed by atoms with Crippen molar-refractivity contribution in [2.45, 2.75) is 13.8 Å². The van der Waals surface area contributed by atoms with E-state index < -0.39 is 11.7 Å². The number of amides is 1. The van der Waals surface area contributed by atoms with Crippen molar-refractivity contribution in [3.05, 3.63) is 53.1 Å². The van der Waals surface area contributed by atoms with Crippen molar-refractivity contribution in [2.24, 2.45) is 0 Å². The normalized spacial score (nSPS) is 10.3. The Morgan fingerprint density at radius 3 is 2.74 bits per heavy atom. The largest absolute Gasteiger partial charge is 0.398 e. The first-order chi connectivity index (χ1) is 8.99. The highest BCUT2D eigenvalue weighted by molar-refractivity contribution is 6.05. The van der Waals surface area contributed by atoms with E-state index in [0.717, 1.165) is 5.56 Å². The van der Waals surface area contributed by atoms with Crippen LogP contribution in [-0.4, -0.2) is 10.9 Å². The molecule has 0 bridgehead atoms. The van der Waals surface area contributed by atoms with Crippen molar-refractivity contribution < 1.29 is 9.18 Å². The van der Waals surface area contributed by atoms with Crippen molar-refractivity contribution >= 4 is 17.3 Å². The predicted molar refractivity (Wildman–Crippen MR) is 72.5 cm³/mol. The molecule has 1 heterocycles. The Kier molecular flexibility index (Phi) is 3.46. The molecule has 2 aromatic rings. The first kappa shape index (κ1) is 13.0. The number of hydrogen-bond acceptors (Lipinski definition) is 3. The zero-order valence-electron chi connectivity index (χ0n) is 10.7. The molecule has 0 unspecified atom stereocenters. The van der Waals surface area contributed by atoms with E-state index in [1.54, 1.807) is 25.4 Å². The number of anilines is 2. The molecule has 0 aliphatic rings. The zero-order valence-corrected chi connectivity index (χ0v) is 10.7. The molecule has 3 N–H and O–H groups in total. The number of aromatic nitrogens is 1. The van der Waals surface area contributed by atoms with E-state index in [1.807, 2.05) is 6.92 Å². The van der Waals surface area contributed by atoms with E-state index in [2.05, 4.69) is 10.3 Å². The smallest absolute Gasteiger partial charge is 0.255 e. The van der Waals surface area contributed by atoms with Crippen LogP contribution in [0.1, 0.15) is 21.5 Å². The number of aryl methyl sites for hydroxylation is 1. The average Bonchev–Trinajstić information content (AvgIpc) is 2.38. The van der Waals surface area contributed by atoms with Crippen LogP contribution in [0.2, 0.25) is 0 Å². The summed E-state index contributed by atoms with van der Waals surface area (Å²) in [6.45, 7) is 3.42. The number of carbonyl (C=O) groups is 1. The van der Waals surface area contributed by atoms with Crippen molar-refractivity contribution in [1.29, 1.82) is 0 Å². The number of hydrogen-bond donors (Lipinski definition) is 2. The lowest BCUT2D eigenvalue weighted by Crippen LogP contribution is -2.14. The summed E-state index contributed by atoms with van der Waals surface area (Å²) < 4.78 is 13.5. The van der Waals surface area contributed by atoms with Crippen LogP contribution in [0, 0.1) is 19.7 Å². The van der Waals surface area contributed by atoms with Gasteiger partial charge in [0.15, 0.2) is 0 Å². The second-order valence-corrected chi connectivity index (χ2v) is 4.32. The van der Waals surface area contributed by atoms with E-state index in [-0.39, 0.29) is 11.3 Å². The minimum atomic E-state index is -0.493. The third-order valence-electron chi connectivity index (χ3n) is 2.93. The highest BCUT2D eigenvalue weighted by atomic mass is 19.1. The van der Waals surface area contributed by atoms with Crippen LogP contribution < -0.4 is 11.1 Å². The summed E-state index contributed by atoms with van der Waals surface area (Å²) in [5.74, 6) is -0.908. The maximum absolute atomic E-state index is 13.5. The van der Waals surface area contributed by atoms with E-state index in [4.69, 9.17) is 5.73 Å². The fourth-order valence-corrected chi connectivity index (χ4v) is 1.62. The Balaban J connectivity index is 2.28. The number of nitrogens with one attached hydrogen (secondary N) is 1. The fourth-order valence-electron chi connectivity index (χ4n) is 1.62. The zero-order chi connectivity index (χ0) is 14.0. The summed E-state index contributed by atoms with van der Waals surface area (Å²) in [6, 6.07) is 4.41. The van der Waals surface area contributed by atoms with Crippen LogP contribution in [0.3, 0.4) is 0 Å². The van der Waals surface area contributed by atoms with Gasteiger partial charge in [-0.1, -0.05) is 0 Å². The highest BCUT2D eigenvalue weighted by Gasteiger charge is 2.12. The number of nitrogen functional groups attached to an aromatic ring is 1. The van der Waals surface area contributed by atoms with Gasteiger partial charge in [-0.15, -0.1) is 0 Å². The monoisotopic (exact) mass is 259 g/mol. The van der Waals surface area contributed by atoms with Crippen molar-refractivity contribution in [1.82, 2.24) is 4.98 Å². The molecule has 98 valence electrons. The molecule has 19 heavy (non-hydrogen) atoms. The Hall–Kier alpha value is -2.43. The van der Waals surface area contributed by atoms with Gasteiger partial charge in [-0.3, -0.25) is 9.78 Å². The highest BCUT2D eigenvalue weighted by Crippen LogP contribution is 2.19. The summed E-state index contributed by atoms with van der Waals surface area (Å²) in [5, 5.41) is 2.68.